The van der Waals surface area contributed by atoms with E-state index in [1.807, 2.05) is 18.2 Å². The van der Waals surface area contributed by atoms with Crippen LogP contribution in [-0.2, 0) is 22.4 Å². The first-order valence-electron chi connectivity index (χ1n) is 6.20. The molecule has 0 aliphatic heterocycles. The van der Waals surface area contributed by atoms with Gasteiger partial charge in [-0.15, -0.1) is 0 Å². The monoisotopic (exact) mass is 247 g/mol. The third-order valence-electron chi connectivity index (χ3n) is 3.29. The summed E-state index contributed by atoms with van der Waals surface area (Å²) in [5.41, 5.74) is 3.41. The Balaban J connectivity index is 2.01. The standard InChI is InChI=1S/C14H17NO3/c1-9(7-13(16)17)14(18)15-12-6-5-10-3-2-4-11(10)8-12/h5-6,8-9H,2-4,7H2,1H3,(H,15,18)(H,16,17). The highest BCUT2D eigenvalue weighted by molar-refractivity contribution is 5.94. The first-order chi connectivity index (χ1) is 8.56. The summed E-state index contributed by atoms with van der Waals surface area (Å²) in [7, 11) is 0. The molecule has 1 aliphatic rings. The van der Waals surface area contributed by atoms with Gasteiger partial charge in [0.15, 0.2) is 0 Å². The minimum absolute atomic E-state index is 0.142. The van der Waals surface area contributed by atoms with E-state index in [0.717, 1.165) is 18.5 Å². The third kappa shape index (κ3) is 2.88. The molecule has 0 heterocycles. The van der Waals surface area contributed by atoms with Crippen molar-refractivity contribution in [2.45, 2.75) is 32.6 Å². The maximum absolute atomic E-state index is 11.8. The summed E-state index contributed by atoms with van der Waals surface area (Å²) in [6.45, 7) is 1.62. The van der Waals surface area contributed by atoms with Crippen LogP contribution in [-0.4, -0.2) is 17.0 Å². The number of aryl methyl sites for hydroxylation is 2. The van der Waals surface area contributed by atoms with Gasteiger partial charge in [0.05, 0.1) is 6.42 Å². The molecule has 0 saturated heterocycles. The van der Waals surface area contributed by atoms with Gasteiger partial charge < -0.3 is 10.4 Å². The molecule has 1 atom stereocenters. The summed E-state index contributed by atoms with van der Waals surface area (Å²) in [5.74, 6) is -1.71. The van der Waals surface area contributed by atoms with Crippen LogP contribution in [0.15, 0.2) is 18.2 Å². The molecule has 96 valence electrons. The molecule has 1 aromatic carbocycles. The molecule has 1 amide bonds. The van der Waals surface area contributed by atoms with Crippen molar-refractivity contribution in [1.29, 1.82) is 0 Å². The van der Waals surface area contributed by atoms with E-state index in [1.54, 1.807) is 6.92 Å². The number of carboxylic acid groups (broad SMARTS) is 1. The van der Waals surface area contributed by atoms with Gasteiger partial charge in [-0.2, -0.15) is 0 Å². The van der Waals surface area contributed by atoms with Crippen molar-refractivity contribution < 1.29 is 14.7 Å². The van der Waals surface area contributed by atoms with Crippen molar-refractivity contribution in [2.75, 3.05) is 5.32 Å². The molecule has 1 aromatic rings. The van der Waals surface area contributed by atoms with Crippen molar-refractivity contribution in [3.05, 3.63) is 29.3 Å². The molecule has 0 saturated carbocycles. The molecule has 4 heteroatoms. The second kappa shape index (κ2) is 5.21. The van der Waals surface area contributed by atoms with Gasteiger partial charge in [-0.05, 0) is 42.5 Å². The predicted octanol–water partition coefficient (Wildman–Crippen LogP) is 2.22. The van der Waals surface area contributed by atoms with E-state index >= 15 is 0 Å². The van der Waals surface area contributed by atoms with E-state index in [-0.39, 0.29) is 12.3 Å². The molecule has 0 spiro atoms. The number of benzene rings is 1. The quantitative estimate of drug-likeness (QED) is 0.857. The number of rotatable bonds is 4. The number of carbonyl (C=O) groups is 2. The molecule has 18 heavy (non-hydrogen) atoms. The van der Waals surface area contributed by atoms with Crippen molar-refractivity contribution in [3.63, 3.8) is 0 Å². The Labute approximate surface area is 106 Å². The molecule has 2 rings (SSSR count). The summed E-state index contributed by atoms with van der Waals surface area (Å²) in [6, 6.07) is 5.92. The fraction of sp³-hybridized carbons (Fsp3) is 0.429. The molecule has 0 fully saturated rings. The largest absolute Gasteiger partial charge is 0.481 e. The number of fused-ring (bicyclic) bond motifs is 1. The number of anilines is 1. The Hall–Kier alpha value is -1.84. The lowest BCUT2D eigenvalue weighted by Crippen LogP contribution is -2.22. The van der Waals surface area contributed by atoms with E-state index in [0.29, 0.717) is 0 Å². The lowest BCUT2D eigenvalue weighted by Gasteiger charge is -2.11. The molecule has 1 unspecified atom stereocenters. The summed E-state index contributed by atoms with van der Waals surface area (Å²) in [5, 5.41) is 11.4. The molecular formula is C14H17NO3. The second-order valence-electron chi connectivity index (χ2n) is 4.83. The molecular weight excluding hydrogens is 230 g/mol. The van der Waals surface area contributed by atoms with Crippen LogP contribution in [0.2, 0.25) is 0 Å². The highest BCUT2D eigenvalue weighted by atomic mass is 16.4. The zero-order chi connectivity index (χ0) is 13.1. The number of nitrogens with one attached hydrogen (secondary N) is 1. The first kappa shape index (κ1) is 12.6. The van der Waals surface area contributed by atoms with Crippen LogP contribution >= 0.6 is 0 Å². The molecule has 1 aliphatic carbocycles. The third-order valence-corrected chi connectivity index (χ3v) is 3.29. The SMILES string of the molecule is CC(CC(=O)O)C(=O)Nc1ccc2c(c1)CCC2. The van der Waals surface area contributed by atoms with Crippen LogP contribution in [0.5, 0.6) is 0 Å². The van der Waals surface area contributed by atoms with Crippen LogP contribution in [0.25, 0.3) is 0 Å². The predicted molar refractivity (Wildman–Crippen MR) is 68.5 cm³/mol. The van der Waals surface area contributed by atoms with Crippen molar-refractivity contribution in [3.8, 4) is 0 Å². The average molecular weight is 247 g/mol. The smallest absolute Gasteiger partial charge is 0.304 e. The zero-order valence-electron chi connectivity index (χ0n) is 10.4. The highest BCUT2D eigenvalue weighted by Crippen LogP contribution is 2.25. The first-order valence-corrected chi connectivity index (χ1v) is 6.20. The summed E-state index contributed by atoms with van der Waals surface area (Å²) < 4.78 is 0. The minimum Gasteiger partial charge on any atom is -0.481 e. The van der Waals surface area contributed by atoms with Gasteiger partial charge in [0.25, 0.3) is 0 Å². The van der Waals surface area contributed by atoms with Gasteiger partial charge in [0.2, 0.25) is 5.91 Å². The van der Waals surface area contributed by atoms with Gasteiger partial charge >= 0.3 is 5.97 Å². The Bertz CT molecular complexity index is 482. The van der Waals surface area contributed by atoms with Crippen molar-refractivity contribution in [2.24, 2.45) is 5.92 Å². The molecule has 0 bridgehead atoms. The Morgan fingerprint density at radius 1 is 1.33 bits per heavy atom. The summed E-state index contributed by atoms with van der Waals surface area (Å²) in [4.78, 5) is 22.3. The zero-order valence-corrected chi connectivity index (χ0v) is 10.4. The van der Waals surface area contributed by atoms with E-state index in [2.05, 4.69) is 5.32 Å². The molecule has 2 N–H and O–H groups in total. The van der Waals surface area contributed by atoms with Crippen molar-refractivity contribution in [1.82, 2.24) is 0 Å². The van der Waals surface area contributed by atoms with Crippen LogP contribution in [0, 0.1) is 5.92 Å². The molecule has 4 nitrogen and oxygen atoms in total. The topological polar surface area (TPSA) is 66.4 Å². The Kier molecular flexibility index (Phi) is 3.65. The van der Waals surface area contributed by atoms with Crippen LogP contribution in [0.3, 0.4) is 0 Å². The van der Waals surface area contributed by atoms with E-state index < -0.39 is 11.9 Å². The van der Waals surface area contributed by atoms with E-state index in [1.165, 1.54) is 17.5 Å². The molecule has 0 radical (unpaired) electrons. The van der Waals surface area contributed by atoms with Crippen LogP contribution in [0.4, 0.5) is 5.69 Å². The number of carboxylic acids is 1. The highest BCUT2D eigenvalue weighted by Gasteiger charge is 2.17. The number of hydrogen-bond donors (Lipinski definition) is 2. The van der Waals surface area contributed by atoms with Gasteiger partial charge in [-0.25, -0.2) is 0 Å². The number of amides is 1. The normalized spacial score (nSPS) is 14.9. The number of hydrogen-bond acceptors (Lipinski definition) is 2. The minimum atomic E-state index is -0.952. The van der Waals surface area contributed by atoms with Gasteiger partial charge in [0.1, 0.15) is 0 Å². The summed E-state index contributed by atoms with van der Waals surface area (Å²) in [6.07, 6.45) is 3.20. The lowest BCUT2D eigenvalue weighted by atomic mass is 10.1. The Morgan fingerprint density at radius 2 is 2.06 bits per heavy atom. The van der Waals surface area contributed by atoms with E-state index in [4.69, 9.17) is 5.11 Å². The van der Waals surface area contributed by atoms with E-state index in [9.17, 15) is 9.59 Å². The maximum Gasteiger partial charge on any atom is 0.304 e. The fourth-order valence-electron chi connectivity index (χ4n) is 2.27. The van der Waals surface area contributed by atoms with Crippen LogP contribution < -0.4 is 5.32 Å². The second-order valence-corrected chi connectivity index (χ2v) is 4.83. The van der Waals surface area contributed by atoms with Gasteiger partial charge in [0, 0.05) is 11.6 Å². The molecule has 0 aromatic heterocycles. The van der Waals surface area contributed by atoms with Gasteiger partial charge in [-0.1, -0.05) is 13.0 Å². The van der Waals surface area contributed by atoms with Gasteiger partial charge in [-0.3, -0.25) is 9.59 Å². The number of aliphatic carboxylic acids is 1. The van der Waals surface area contributed by atoms with Crippen LogP contribution in [0.1, 0.15) is 30.9 Å². The Morgan fingerprint density at radius 3 is 2.78 bits per heavy atom. The number of carbonyl (C=O) groups excluding carboxylic acids is 1. The van der Waals surface area contributed by atoms with Crippen molar-refractivity contribution >= 4 is 17.6 Å². The summed E-state index contributed by atoms with van der Waals surface area (Å²) >= 11 is 0. The lowest BCUT2D eigenvalue weighted by molar-refractivity contribution is -0.139. The maximum atomic E-state index is 11.8. The fourth-order valence-corrected chi connectivity index (χ4v) is 2.27. The average Bonchev–Trinajstić information content (AvgIpc) is 2.75.